The highest BCUT2D eigenvalue weighted by Gasteiger charge is 2.36. The minimum atomic E-state index is -0.903. The molecule has 0 aromatic heterocycles. The first-order valence-electron chi connectivity index (χ1n) is 5.62. The van der Waals surface area contributed by atoms with Crippen molar-refractivity contribution < 1.29 is 13.9 Å². The van der Waals surface area contributed by atoms with Gasteiger partial charge in [0.1, 0.15) is 0 Å². The standard InChI is InChI=1S/C11H24O3Si/c1-5-8-12-11(14-15,10(4)7-3)13-9-6-2/h7,10H,3,5-6,8-9H2,1-2,4,15H3. The van der Waals surface area contributed by atoms with Crippen LogP contribution in [-0.2, 0) is 13.9 Å². The first kappa shape index (κ1) is 14.8. The quantitative estimate of drug-likeness (QED) is 0.343. The Morgan fingerprint density at radius 3 is 2.00 bits per heavy atom. The molecule has 0 N–H and O–H groups in total. The van der Waals surface area contributed by atoms with Gasteiger partial charge in [-0.1, -0.05) is 26.8 Å². The lowest BCUT2D eigenvalue weighted by atomic mass is 10.1. The maximum absolute atomic E-state index is 5.70. The van der Waals surface area contributed by atoms with Crippen LogP contribution in [0.2, 0.25) is 0 Å². The van der Waals surface area contributed by atoms with Gasteiger partial charge in [-0.25, -0.2) is 0 Å². The van der Waals surface area contributed by atoms with Gasteiger partial charge < -0.3 is 13.9 Å². The molecule has 0 heterocycles. The fourth-order valence-corrected chi connectivity index (χ4v) is 1.85. The Balaban J connectivity index is 4.50. The zero-order chi connectivity index (χ0) is 11.7. The van der Waals surface area contributed by atoms with E-state index in [1.54, 1.807) is 0 Å². The van der Waals surface area contributed by atoms with Crippen LogP contribution in [0.3, 0.4) is 0 Å². The van der Waals surface area contributed by atoms with Crippen LogP contribution in [0.25, 0.3) is 0 Å². The van der Waals surface area contributed by atoms with Gasteiger partial charge in [0.2, 0.25) is 0 Å². The summed E-state index contributed by atoms with van der Waals surface area (Å²) in [4.78, 5) is 0. The molecule has 0 aliphatic heterocycles. The molecular weight excluding hydrogens is 208 g/mol. The first-order chi connectivity index (χ1) is 7.16. The van der Waals surface area contributed by atoms with Gasteiger partial charge in [-0.2, -0.15) is 0 Å². The average Bonchev–Trinajstić information content (AvgIpc) is 2.29. The van der Waals surface area contributed by atoms with Crippen LogP contribution in [0, 0.1) is 5.92 Å². The third-order valence-electron chi connectivity index (χ3n) is 2.21. The molecule has 0 spiro atoms. The van der Waals surface area contributed by atoms with Crippen molar-refractivity contribution in [2.75, 3.05) is 13.2 Å². The summed E-state index contributed by atoms with van der Waals surface area (Å²) in [6.45, 7) is 11.2. The van der Waals surface area contributed by atoms with E-state index >= 15 is 0 Å². The summed E-state index contributed by atoms with van der Waals surface area (Å²) >= 11 is 0. The zero-order valence-electron chi connectivity index (χ0n) is 10.4. The Morgan fingerprint density at radius 1 is 1.27 bits per heavy atom. The summed E-state index contributed by atoms with van der Waals surface area (Å²) in [7, 11) is 0.584. The minimum absolute atomic E-state index is 0.0353. The van der Waals surface area contributed by atoms with E-state index in [9.17, 15) is 0 Å². The topological polar surface area (TPSA) is 27.7 Å². The van der Waals surface area contributed by atoms with Gasteiger partial charge in [-0.05, 0) is 12.8 Å². The van der Waals surface area contributed by atoms with Gasteiger partial charge in [-0.3, -0.25) is 0 Å². The van der Waals surface area contributed by atoms with Gasteiger partial charge in [-0.15, -0.1) is 6.58 Å². The lowest BCUT2D eigenvalue weighted by Crippen LogP contribution is -2.44. The van der Waals surface area contributed by atoms with Crippen LogP contribution in [0.1, 0.15) is 33.6 Å². The smallest absolute Gasteiger partial charge is 0.278 e. The number of hydrogen-bond donors (Lipinski definition) is 0. The molecule has 3 nitrogen and oxygen atoms in total. The maximum atomic E-state index is 5.70. The van der Waals surface area contributed by atoms with E-state index < -0.39 is 5.97 Å². The normalized spacial score (nSPS) is 14.1. The SMILES string of the molecule is C=CC(C)C(O[SiH3])(OCCC)OCCC. The highest BCUT2D eigenvalue weighted by Crippen LogP contribution is 2.26. The summed E-state index contributed by atoms with van der Waals surface area (Å²) in [5.74, 6) is -0.868. The Hall–Kier alpha value is -0.163. The largest absolute Gasteiger partial charge is 0.380 e. The molecule has 90 valence electrons. The third kappa shape index (κ3) is 4.47. The van der Waals surface area contributed by atoms with Crippen molar-refractivity contribution in [3.63, 3.8) is 0 Å². The van der Waals surface area contributed by atoms with Crippen molar-refractivity contribution in [3.05, 3.63) is 12.7 Å². The summed E-state index contributed by atoms with van der Waals surface area (Å²) < 4.78 is 16.9. The molecule has 15 heavy (non-hydrogen) atoms. The van der Waals surface area contributed by atoms with Crippen LogP contribution < -0.4 is 0 Å². The predicted octanol–water partition coefficient (Wildman–Crippen LogP) is 1.61. The fourth-order valence-electron chi connectivity index (χ4n) is 1.24. The molecule has 0 rings (SSSR count). The van der Waals surface area contributed by atoms with Gasteiger partial charge >= 0.3 is 0 Å². The van der Waals surface area contributed by atoms with Crippen molar-refractivity contribution >= 4 is 10.5 Å². The number of ether oxygens (including phenoxy) is 2. The molecule has 0 bridgehead atoms. The van der Waals surface area contributed by atoms with Crippen molar-refractivity contribution in [1.29, 1.82) is 0 Å². The van der Waals surface area contributed by atoms with Crippen LogP contribution in [0.5, 0.6) is 0 Å². The van der Waals surface area contributed by atoms with E-state index in [0.717, 1.165) is 12.8 Å². The van der Waals surface area contributed by atoms with Crippen molar-refractivity contribution in [3.8, 4) is 0 Å². The van der Waals surface area contributed by atoms with E-state index in [-0.39, 0.29) is 5.92 Å². The number of hydrogen-bond acceptors (Lipinski definition) is 3. The van der Waals surface area contributed by atoms with E-state index in [0.29, 0.717) is 23.7 Å². The van der Waals surface area contributed by atoms with Crippen LogP contribution in [0.15, 0.2) is 12.7 Å². The maximum Gasteiger partial charge on any atom is 0.278 e. The molecule has 1 unspecified atom stereocenters. The predicted molar refractivity (Wildman–Crippen MR) is 65.6 cm³/mol. The Morgan fingerprint density at radius 2 is 1.73 bits per heavy atom. The Labute approximate surface area is 96.3 Å². The average molecular weight is 232 g/mol. The molecular formula is C11H24O3Si. The lowest BCUT2D eigenvalue weighted by molar-refractivity contribution is -0.360. The van der Waals surface area contributed by atoms with Gasteiger partial charge in [0.05, 0.1) is 19.1 Å². The Bertz CT molecular complexity index is 165. The lowest BCUT2D eigenvalue weighted by Gasteiger charge is -2.36. The highest BCUT2D eigenvalue weighted by molar-refractivity contribution is 5.98. The Kier molecular flexibility index (Phi) is 7.96. The second-order valence-electron chi connectivity index (χ2n) is 3.53. The molecule has 0 amide bonds. The van der Waals surface area contributed by atoms with Gasteiger partial charge in [0.25, 0.3) is 5.97 Å². The second-order valence-corrected chi connectivity index (χ2v) is 3.94. The van der Waals surface area contributed by atoms with Crippen LogP contribution >= 0.6 is 0 Å². The van der Waals surface area contributed by atoms with E-state index in [2.05, 4.69) is 20.4 Å². The van der Waals surface area contributed by atoms with Gasteiger partial charge in [0, 0.05) is 0 Å². The number of rotatable bonds is 9. The summed E-state index contributed by atoms with van der Waals surface area (Å²) in [6, 6.07) is 0. The molecule has 0 radical (unpaired) electrons. The molecule has 1 atom stereocenters. The zero-order valence-corrected chi connectivity index (χ0v) is 12.4. The first-order valence-corrected chi connectivity index (χ1v) is 6.44. The second kappa shape index (κ2) is 8.04. The minimum Gasteiger partial charge on any atom is -0.380 e. The van der Waals surface area contributed by atoms with E-state index in [4.69, 9.17) is 13.9 Å². The van der Waals surface area contributed by atoms with E-state index in [1.807, 2.05) is 13.0 Å². The molecule has 0 aromatic rings. The highest BCUT2D eigenvalue weighted by atomic mass is 28.2. The molecule has 0 fully saturated rings. The van der Waals surface area contributed by atoms with Crippen molar-refractivity contribution in [2.45, 2.75) is 39.6 Å². The van der Waals surface area contributed by atoms with Crippen LogP contribution in [0.4, 0.5) is 0 Å². The summed E-state index contributed by atoms with van der Waals surface area (Å²) in [6.07, 6.45) is 3.71. The summed E-state index contributed by atoms with van der Waals surface area (Å²) in [5, 5.41) is 0. The molecule has 0 saturated heterocycles. The van der Waals surface area contributed by atoms with Gasteiger partial charge in [0.15, 0.2) is 10.5 Å². The molecule has 0 aliphatic carbocycles. The van der Waals surface area contributed by atoms with Crippen molar-refractivity contribution in [2.24, 2.45) is 5.92 Å². The van der Waals surface area contributed by atoms with E-state index in [1.165, 1.54) is 0 Å². The molecule has 4 heteroatoms. The van der Waals surface area contributed by atoms with Crippen molar-refractivity contribution in [1.82, 2.24) is 0 Å². The third-order valence-corrected chi connectivity index (χ3v) is 2.78. The molecule has 0 saturated carbocycles. The molecule has 0 aliphatic rings. The van der Waals surface area contributed by atoms with Crippen LogP contribution in [-0.4, -0.2) is 29.7 Å². The monoisotopic (exact) mass is 232 g/mol. The summed E-state index contributed by atoms with van der Waals surface area (Å²) in [5.41, 5.74) is 0. The molecule has 0 aromatic carbocycles. The fraction of sp³-hybridized carbons (Fsp3) is 0.818.